The molecule has 0 bridgehead atoms. The van der Waals surface area contributed by atoms with Gasteiger partial charge in [-0.25, -0.2) is 14.8 Å². The van der Waals surface area contributed by atoms with Crippen LogP contribution in [-0.2, 0) is 4.74 Å². The van der Waals surface area contributed by atoms with Gasteiger partial charge in [0.05, 0.1) is 19.7 Å². The van der Waals surface area contributed by atoms with Crippen molar-refractivity contribution in [3.05, 3.63) is 10.0 Å². The van der Waals surface area contributed by atoms with Crippen molar-refractivity contribution in [2.24, 2.45) is 0 Å². The van der Waals surface area contributed by atoms with E-state index in [0.29, 0.717) is 20.9 Å². The summed E-state index contributed by atoms with van der Waals surface area (Å²) in [6.45, 7) is 5.48. The molecule has 0 unspecified atom stereocenters. The molecule has 2 N–H and O–H groups in total. The number of carbonyl (C=O) groups excluding carboxylic acids is 1. The van der Waals surface area contributed by atoms with Gasteiger partial charge in [-0.2, -0.15) is 0 Å². The summed E-state index contributed by atoms with van der Waals surface area (Å²) in [5.74, 6) is -0.411. The van der Waals surface area contributed by atoms with E-state index in [1.807, 2.05) is 27.0 Å². The monoisotopic (exact) mass is 419 g/mol. The van der Waals surface area contributed by atoms with Crippen LogP contribution in [0.2, 0.25) is 5.15 Å². The van der Waals surface area contributed by atoms with E-state index in [1.54, 1.807) is 0 Å². The van der Waals surface area contributed by atoms with E-state index in [-0.39, 0.29) is 0 Å². The fourth-order valence-corrected chi connectivity index (χ4v) is 6.34. The van der Waals surface area contributed by atoms with E-state index in [2.05, 4.69) is 9.97 Å². The number of ether oxygens (including phenoxy) is 1. The maximum Gasteiger partial charge on any atom is 0.351 e. The molecule has 0 atom stereocenters. The van der Waals surface area contributed by atoms with Gasteiger partial charge in [-0.05, 0) is 27.0 Å². The van der Waals surface area contributed by atoms with Gasteiger partial charge in [-0.3, -0.25) is 0 Å². The lowest BCUT2D eigenvalue weighted by molar-refractivity contribution is 0.00763. The van der Waals surface area contributed by atoms with Gasteiger partial charge in [0, 0.05) is 0 Å². The van der Waals surface area contributed by atoms with Gasteiger partial charge in [0.2, 0.25) is 0 Å². The Kier molecular flexibility index (Phi) is 5.00. The van der Waals surface area contributed by atoms with Crippen molar-refractivity contribution in [1.29, 1.82) is 0 Å². The van der Waals surface area contributed by atoms with Crippen LogP contribution in [0.25, 0.3) is 0 Å². The minimum absolute atomic E-state index is 0.400. The molecular weight excluding hydrogens is 406 g/mol. The van der Waals surface area contributed by atoms with Crippen LogP contribution in [0.3, 0.4) is 0 Å². The lowest BCUT2D eigenvalue weighted by Crippen LogP contribution is -2.23. The highest BCUT2D eigenvalue weighted by molar-refractivity contribution is 8.06. The summed E-state index contributed by atoms with van der Waals surface area (Å²) in [7, 11) is 0. The van der Waals surface area contributed by atoms with Crippen molar-refractivity contribution in [3.63, 3.8) is 0 Å². The fourth-order valence-electron chi connectivity index (χ4n) is 1.87. The third kappa shape index (κ3) is 3.50. The minimum Gasteiger partial charge on any atom is -0.456 e. The van der Waals surface area contributed by atoms with Gasteiger partial charge >= 0.3 is 5.97 Å². The first-order chi connectivity index (χ1) is 11.2. The van der Waals surface area contributed by atoms with Crippen molar-refractivity contribution in [2.75, 3.05) is 12.0 Å². The van der Waals surface area contributed by atoms with Gasteiger partial charge in [0.25, 0.3) is 0 Å². The molecule has 0 aromatic carbocycles. The molecule has 0 fully saturated rings. The van der Waals surface area contributed by atoms with Crippen LogP contribution in [0.5, 0.6) is 0 Å². The van der Waals surface area contributed by atoms with Gasteiger partial charge < -0.3 is 10.5 Å². The Hall–Kier alpha value is -0.610. The zero-order valence-corrected chi connectivity index (χ0v) is 17.3. The molecule has 3 rings (SSSR count). The van der Waals surface area contributed by atoms with Gasteiger partial charge in [-0.15, -0.1) is 11.3 Å². The van der Waals surface area contributed by atoms with Crippen LogP contribution in [0.15, 0.2) is 24.2 Å². The first kappa shape index (κ1) is 18.2. The highest BCUT2D eigenvalue weighted by atomic mass is 35.5. The Morgan fingerprint density at radius 3 is 2.58 bits per heavy atom. The number of aromatic nitrogens is 2. The highest BCUT2D eigenvalue weighted by Gasteiger charge is 2.31. The number of fused-ring (bicyclic) bond motifs is 2. The second-order valence-corrected chi connectivity index (χ2v) is 10.2. The Balaban J connectivity index is 1.98. The summed E-state index contributed by atoms with van der Waals surface area (Å²) in [6, 6.07) is 0. The van der Waals surface area contributed by atoms with Crippen LogP contribution < -0.4 is 5.73 Å². The molecule has 3 heterocycles. The molecule has 24 heavy (non-hydrogen) atoms. The van der Waals surface area contributed by atoms with E-state index in [9.17, 15) is 4.79 Å². The van der Waals surface area contributed by atoms with Crippen molar-refractivity contribution in [1.82, 2.24) is 9.97 Å². The molecule has 0 spiro atoms. The van der Waals surface area contributed by atoms with Crippen molar-refractivity contribution in [2.45, 2.75) is 50.6 Å². The number of thioether (sulfide) groups is 1. The zero-order chi connectivity index (χ0) is 17.6. The number of thiophene rings is 1. The number of nitrogen functional groups attached to an aromatic ring is 1. The number of hydrogen-bond donors (Lipinski definition) is 1. The highest BCUT2D eigenvalue weighted by Crippen LogP contribution is 2.56. The Labute approximate surface area is 161 Å². The quantitative estimate of drug-likeness (QED) is 0.267. The summed E-state index contributed by atoms with van der Waals surface area (Å²) < 4.78 is 6.36. The first-order valence-corrected chi connectivity index (χ1v) is 10.9. The van der Waals surface area contributed by atoms with Gasteiger partial charge in [-0.1, -0.05) is 46.9 Å². The van der Waals surface area contributed by atoms with Crippen molar-refractivity contribution >= 4 is 69.9 Å². The van der Waals surface area contributed by atoms with E-state index in [1.165, 1.54) is 46.6 Å². The lowest BCUT2D eigenvalue weighted by Gasteiger charge is -2.19. The van der Waals surface area contributed by atoms with Crippen LogP contribution in [0.4, 0.5) is 5.69 Å². The van der Waals surface area contributed by atoms with Crippen LogP contribution in [0, 0.1) is 0 Å². The molecule has 10 heteroatoms. The molecule has 0 amide bonds. The number of hydrogen-bond acceptors (Lipinski definition) is 9. The average Bonchev–Trinajstić information content (AvgIpc) is 2.80. The molecule has 0 saturated carbocycles. The third-order valence-corrected chi connectivity index (χ3v) is 7.70. The molecule has 5 nitrogen and oxygen atoms in total. The number of anilines is 1. The standard InChI is InChI=1S/C14H14ClN3O2S4/c1-14(2,3)20-11(19)6-5(16)7-12(23-6)24-10-8(22-7)9(15)17-13(18-10)21-4/h16H2,1-4H3. The SMILES string of the molecule is CSc1nc(Cl)c2c(n1)Sc1sc(C(=O)OC(C)(C)C)c(N)c1S2. The maximum absolute atomic E-state index is 12.4. The van der Waals surface area contributed by atoms with E-state index in [4.69, 9.17) is 22.1 Å². The van der Waals surface area contributed by atoms with E-state index in [0.717, 1.165) is 19.0 Å². The predicted octanol–water partition coefficient (Wildman–Crippen LogP) is 5.07. The molecule has 0 aliphatic carbocycles. The van der Waals surface area contributed by atoms with Crippen LogP contribution >= 0.6 is 58.2 Å². The number of esters is 1. The van der Waals surface area contributed by atoms with E-state index >= 15 is 0 Å². The molecular formula is C14H14ClN3O2S4. The number of halogens is 1. The second-order valence-electron chi connectivity index (χ2n) is 5.80. The summed E-state index contributed by atoms with van der Waals surface area (Å²) in [4.78, 5) is 23.1. The van der Waals surface area contributed by atoms with Crippen molar-refractivity contribution < 1.29 is 9.53 Å². The topological polar surface area (TPSA) is 78.1 Å². The maximum atomic E-state index is 12.4. The summed E-state index contributed by atoms with van der Waals surface area (Å²) in [6.07, 6.45) is 1.90. The van der Waals surface area contributed by atoms with Crippen LogP contribution in [-0.4, -0.2) is 27.8 Å². The minimum atomic E-state index is -0.570. The Morgan fingerprint density at radius 2 is 1.96 bits per heavy atom. The largest absolute Gasteiger partial charge is 0.456 e. The van der Waals surface area contributed by atoms with E-state index < -0.39 is 11.6 Å². The Morgan fingerprint density at radius 1 is 1.25 bits per heavy atom. The number of nitrogens with zero attached hydrogens (tertiary/aromatic N) is 2. The second kappa shape index (κ2) is 6.60. The summed E-state index contributed by atoms with van der Waals surface area (Å²) >= 11 is 11.9. The summed E-state index contributed by atoms with van der Waals surface area (Å²) in [5.41, 5.74) is 6.05. The normalized spacial score (nSPS) is 13.4. The average molecular weight is 420 g/mol. The molecule has 2 aromatic rings. The Bertz CT molecular complexity index is 832. The number of carbonyl (C=O) groups is 1. The fraction of sp³-hybridized carbons (Fsp3) is 0.357. The molecule has 1 aliphatic rings. The number of rotatable bonds is 2. The molecule has 2 aromatic heterocycles. The lowest BCUT2D eigenvalue weighted by atomic mass is 10.2. The molecule has 128 valence electrons. The van der Waals surface area contributed by atoms with Crippen LogP contribution in [0.1, 0.15) is 30.4 Å². The third-order valence-electron chi connectivity index (χ3n) is 2.80. The first-order valence-electron chi connectivity index (χ1n) is 6.82. The molecule has 0 radical (unpaired) electrons. The molecule has 0 saturated heterocycles. The zero-order valence-electron chi connectivity index (χ0n) is 13.3. The van der Waals surface area contributed by atoms with Crippen molar-refractivity contribution in [3.8, 4) is 0 Å². The summed E-state index contributed by atoms with van der Waals surface area (Å²) in [5, 5.41) is 1.80. The number of nitrogens with two attached hydrogens (primary N) is 1. The smallest absolute Gasteiger partial charge is 0.351 e. The molecule has 1 aliphatic heterocycles. The van der Waals surface area contributed by atoms with Gasteiger partial charge in [0.15, 0.2) is 5.16 Å². The van der Waals surface area contributed by atoms with Gasteiger partial charge in [0.1, 0.15) is 20.7 Å². The predicted molar refractivity (Wildman–Crippen MR) is 101 cm³/mol.